The van der Waals surface area contributed by atoms with Gasteiger partial charge in [0, 0.05) is 66.5 Å². The van der Waals surface area contributed by atoms with Crippen LogP contribution in [0.1, 0.15) is 53.5 Å². The van der Waals surface area contributed by atoms with Crippen molar-refractivity contribution in [2.24, 2.45) is 7.05 Å². The zero-order valence-electron chi connectivity index (χ0n) is 26.1. The van der Waals surface area contributed by atoms with Crippen molar-refractivity contribution in [3.05, 3.63) is 112 Å². The van der Waals surface area contributed by atoms with Gasteiger partial charge in [0.25, 0.3) is 17.4 Å². The number of nitrogens with zero attached hydrogens (tertiary/aromatic N) is 3. The molecule has 1 fully saturated rings. The van der Waals surface area contributed by atoms with Gasteiger partial charge in [-0.15, -0.1) is 0 Å². The van der Waals surface area contributed by atoms with E-state index in [0.717, 1.165) is 28.8 Å². The van der Waals surface area contributed by atoms with Gasteiger partial charge in [-0.3, -0.25) is 14.4 Å². The summed E-state index contributed by atoms with van der Waals surface area (Å²) in [5.41, 5.74) is 5.16. The van der Waals surface area contributed by atoms with Crippen LogP contribution in [0.3, 0.4) is 0 Å². The van der Waals surface area contributed by atoms with Gasteiger partial charge in [-0.2, -0.15) is 0 Å². The normalized spacial score (nSPS) is 13.7. The van der Waals surface area contributed by atoms with Crippen molar-refractivity contribution >= 4 is 28.9 Å². The maximum Gasteiger partial charge on any atom is 0.274 e. The summed E-state index contributed by atoms with van der Waals surface area (Å²) < 4.78 is 7.03. The van der Waals surface area contributed by atoms with Crippen LogP contribution in [0.15, 0.2) is 89.9 Å². The van der Waals surface area contributed by atoms with Gasteiger partial charge in [-0.25, -0.2) is 0 Å². The average molecular weight is 593 g/mol. The number of amides is 2. The van der Waals surface area contributed by atoms with Crippen LogP contribution in [0.4, 0.5) is 17.1 Å². The topological polar surface area (TPSA) is 83.9 Å². The van der Waals surface area contributed by atoms with Crippen molar-refractivity contribution in [3.63, 3.8) is 0 Å². The fourth-order valence-corrected chi connectivity index (χ4v) is 5.60. The minimum atomic E-state index is -0.485. The van der Waals surface area contributed by atoms with Crippen LogP contribution in [-0.2, 0) is 11.8 Å². The molecule has 0 unspecified atom stereocenters. The number of aromatic nitrogens is 1. The molecule has 0 aliphatic carbocycles. The summed E-state index contributed by atoms with van der Waals surface area (Å²) in [6.45, 7) is 10.6. The summed E-state index contributed by atoms with van der Waals surface area (Å²) in [6, 6.07) is 24.2. The number of rotatable bonds is 6. The van der Waals surface area contributed by atoms with Crippen LogP contribution < -0.4 is 15.8 Å². The fraction of sp³-hybridized carbons (Fsp3) is 0.306. The number of benzene rings is 3. The molecule has 2 heterocycles. The molecule has 0 spiro atoms. The number of pyridine rings is 1. The summed E-state index contributed by atoms with van der Waals surface area (Å²) in [5.74, 6) is -0.0994. The predicted octanol–water partition coefficient (Wildman–Crippen LogP) is 6.41. The highest BCUT2D eigenvalue weighted by atomic mass is 16.5. The van der Waals surface area contributed by atoms with E-state index in [1.165, 1.54) is 0 Å². The minimum Gasteiger partial charge on any atom is -0.380 e. The molecule has 1 aromatic heterocycles. The van der Waals surface area contributed by atoms with E-state index in [9.17, 15) is 14.4 Å². The maximum absolute atomic E-state index is 13.8. The van der Waals surface area contributed by atoms with Crippen molar-refractivity contribution in [2.75, 3.05) is 36.5 Å². The van der Waals surface area contributed by atoms with E-state index in [0.29, 0.717) is 48.8 Å². The Morgan fingerprint density at radius 1 is 0.886 bits per heavy atom. The molecule has 44 heavy (non-hydrogen) atoms. The number of anilines is 3. The molecule has 1 saturated heterocycles. The van der Waals surface area contributed by atoms with Gasteiger partial charge in [-0.1, -0.05) is 30.3 Å². The Labute approximate surface area is 258 Å². The SMILES string of the molecule is Cc1c(-c2cc(Nc3ccc(C(=O)N4CCCOCC4)cc3)c(=O)n(C)c2)cccc1N(C(=O)c1ccccc1)C(C)(C)C. The quantitative estimate of drug-likeness (QED) is 0.280. The van der Waals surface area contributed by atoms with Crippen molar-refractivity contribution in [1.82, 2.24) is 9.47 Å². The number of carbonyl (C=O) groups excluding carboxylic acids is 2. The molecule has 0 atom stereocenters. The largest absolute Gasteiger partial charge is 0.380 e. The van der Waals surface area contributed by atoms with Gasteiger partial charge in [0.2, 0.25) is 0 Å². The van der Waals surface area contributed by atoms with E-state index in [2.05, 4.69) is 5.32 Å². The van der Waals surface area contributed by atoms with Crippen LogP contribution in [0, 0.1) is 6.92 Å². The van der Waals surface area contributed by atoms with Gasteiger partial charge in [0.1, 0.15) is 5.69 Å². The average Bonchev–Trinajstić information content (AvgIpc) is 3.30. The molecule has 2 amide bonds. The van der Waals surface area contributed by atoms with Crippen LogP contribution >= 0.6 is 0 Å². The number of ether oxygens (including phenoxy) is 1. The second kappa shape index (κ2) is 12.9. The van der Waals surface area contributed by atoms with E-state index in [1.807, 2.05) is 110 Å². The summed E-state index contributed by atoms with van der Waals surface area (Å²) in [6.07, 6.45) is 2.64. The van der Waals surface area contributed by atoms with E-state index in [-0.39, 0.29) is 17.4 Å². The fourth-order valence-electron chi connectivity index (χ4n) is 5.60. The first-order valence-corrected chi connectivity index (χ1v) is 15.0. The van der Waals surface area contributed by atoms with Crippen LogP contribution in [-0.4, -0.2) is 53.1 Å². The molecular weight excluding hydrogens is 552 g/mol. The molecule has 8 heteroatoms. The maximum atomic E-state index is 13.8. The number of aryl methyl sites for hydroxylation is 1. The monoisotopic (exact) mass is 592 g/mol. The molecule has 228 valence electrons. The Hall–Kier alpha value is -4.69. The molecule has 3 aromatic carbocycles. The molecule has 4 aromatic rings. The molecule has 1 aliphatic heterocycles. The summed E-state index contributed by atoms with van der Waals surface area (Å²) in [5, 5.41) is 3.26. The summed E-state index contributed by atoms with van der Waals surface area (Å²) in [7, 11) is 1.73. The highest BCUT2D eigenvalue weighted by Crippen LogP contribution is 2.35. The number of hydrogen-bond acceptors (Lipinski definition) is 5. The first kappa shape index (κ1) is 30.8. The van der Waals surface area contributed by atoms with Crippen molar-refractivity contribution in [1.29, 1.82) is 0 Å². The number of nitrogens with one attached hydrogen (secondary N) is 1. The second-order valence-corrected chi connectivity index (χ2v) is 12.1. The predicted molar refractivity (Wildman–Crippen MR) is 176 cm³/mol. The Kier molecular flexibility index (Phi) is 9.01. The van der Waals surface area contributed by atoms with E-state index in [1.54, 1.807) is 23.7 Å². The zero-order chi connectivity index (χ0) is 31.4. The number of carbonyl (C=O) groups is 2. The highest BCUT2D eigenvalue weighted by Gasteiger charge is 2.30. The van der Waals surface area contributed by atoms with Gasteiger partial charge >= 0.3 is 0 Å². The van der Waals surface area contributed by atoms with E-state index >= 15 is 0 Å². The van der Waals surface area contributed by atoms with Crippen LogP contribution in [0.25, 0.3) is 11.1 Å². The molecule has 0 bridgehead atoms. The Morgan fingerprint density at radius 2 is 1.61 bits per heavy atom. The lowest BCUT2D eigenvalue weighted by Gasteiger charge is -2.37. The number of hydrogen-bond donors (Lipinski definition) is 1. The zero-order valence-corrected chi connectivity index (χ0v) is 26.1. The first-order valence-electron chi connectivity index (χ1n) is 15.0. The molecule has 8 nitrogen and oxygen atoms in total. The van der Waals surface area contributed by atoms with Crippen LogP contribution in [0.5, 0.6) is 0 Å². The van der Waals surface area contributed by atoms with Gasteiger partial charge < -0.3 is 24.4 Å². The Bertz CT molecular complexity index is 1700. The lowest BCUT2D eigenvalue weighted by atomic mass is 9.96. The van der Waals surface area contributed by atoms with Gasteiger partial charge in [0.15, 0.2) is 0 Å². The molecule has 1 N–H and O–H groups in total. The first-order chi connectivity index (χ1) is 21.0. The summed E-state index contributed by atoms with van der Waals surface area (Å²) in [4.78, 5) is 43.6. The molecular formula is C36H40N4O4. The molecule has 1 aliphatic rings. The molecule has 0 radical (unpaired) electrons. The molecule has 5 rings (SSSR count). The van der Waals surface area contributed by atoms with Crippen LogP contribution in [0.2, 0.25) is 0 Å². The smallest absolute Gasteiger partial charge is 0.274 e. The van der Waals surface area contributed by atoms with Gasteiger partial charge in [-0.05, 0) is 93.8 Å². The standard InChI is InChI=1S/C36H40N4O4/c1-25-30(13-9-14-32(25)40(36(2,3)4)34(42)26-11-7-6-8-12-26)28-23-31(35(43)38(5)24-28)37-29-17-15-27(16-18-29)33(41)39-19-10-21-44-22-20-39/h6-9,11-18,23-24,37H,10,19-22H2,1-5H3. The molecule has 0 saturated carbocycles. The Balaban J connectivity index is 1.45. The van der Waals surface area contributed by atoms with Crippen molar-refractivity contribution in [3.8, 4) is 11.1 Å². The third kappa shape index (κ3) is 6.60. The van der Waals surface area contributed by atoms with E-state index < -0.39 is 5.54 Å². The third-order valence-electron chi connectivity index (χ3n) is 7.86. The van der Waals surface area contributed by atoms with Gasteiger partial charge in [0.05, 0.1) is 6.61 Å². The van der Waals surface area contributed by atoms with Crippen molar-refractivity contribution in [2.45, 2.75) is 39.7 Å². The highest BCUT2D eigenvalue weighted by molar-refractivity contribution is 6.07. The Morgan fingerprint density at radius 3 is 2.32 bits per heavy atom. The minimum absolute atomic E-state index is 0.0228. The third-order valence-corrected chi connectivity index (χ3v) is 7.86. The summed E-state index contributed by atoms with van der Waals surface area (Å²) >= 11 is 0. The van der Waals surface area contributed by atoms with E-state index in [4.69, 9.17) is 4.74 Å². The lowest BCUT2D eigenvalue weighted by molar-refractivity contribution is 0.0741. The lowest BCUT2D eigenvalue weighted by Crippen LogP contribution is -2.46. The van der Waals surface area contributed by atoms with Crippen molar-refractivity contribution < 1.29 is 14.3 Å². The second-order valence-electron chi connectivity index (χ2n) is 12.1.